The molecule has 0 saturated heterocycles. The smallest absolute Gasteiger partial charge is 0.335 e. The fraction of sp³-hybridized carbons (Fsp3) is 0.368. The van der Waals surface area contributed by atoms with E-state index in [1.54, 1.807) is 0 Å². The van der Waals surface area contributed by atoms with E-state index in [4.69, 9.17) is 51.0 Å². The Morgan fingerprint density at radius 1 is 0.645 bits per heavy atom. The first kappa shape index (κ1) is 63.2. The number of hydrogen-bond donors (Lipinski definition) is 6. The first-order chi connectivity index (χ1) is 11.7. The molecule has 0 fully saturated rings. The number of carbonyl (C=O) groups is 2. The molecule has 0 amide bonds. The molecule has 0 radical (unpaired) electrons. The van der Waals surface area contributed by atoms with E-state index in [2.05, 4.69) is 0 Å². The van der Waals surface area contributed by atoms with Crippen LogP contribution in [0.2, 0.25) is 0 Å². The van der Waals surface area contributed by atoms with Crippen molar-refractivity contribution in [3.05, 3.63) is 34.9 Å². The third-order valence-corrected chi connectivity index (χ3v) is 1.79. The van der Waals surface area contributed by atoms with E-state index in [1.165, 1.54) is 25.1 Å². The van der Waals surface area contributed by atoms with Crippen LogP contribution in [0.15, 0.2) is 18.2 Å². The summed E-state index contributed by atoms with van der Waals surface area (Å²) in [7, 11) is 0. The van der Waals surface area contributed by atoms with Crippen LogP contribution in [0.25, 0.3) is 0 Å². The molecule has 0 aliphatic rings. The molecule has 0 heterocycles. The monoisotopic (exact) mass is 448 g/mol. The number of isocyanates is 4. The average Bonchev–Trinajstić information content (AvgIpc) is 2.50. The van der Waals surface area contributed by atoms with Gasteiger partial charge in [0.1, 0.15) is 0 Å². The van der Waals surface area contributed by atoms with E-state index in [9.17, 15) is 9.59 Å². The lowest BCUT2D eigenvalue weighted by atomic mass is 10.0. The Balaban J connectivity index is -0.0000000265. The Bertz CT molecular complexity index is 615. The Kier molecular flexibility index (Phi) is 102. The SMILES string of the molecule is C.C.C.C.C.C.Cc1c(C(=O)O)cccc1C(=O)O.N=C=O.N=C=O.N=C=O.N=C=O. The van der Waals surface area contributed by atoms with E-state index in [-0.39, 0.29) is 61.3 Å². The molecule has 0 saturated carbocycles. The summed E-state index contributed by atoms with van der Waals surface area (Å²) < 4.78 is 0. The Morgan fingerprint density at radius 2 is 0.806 bits per heavy atom. The zero-order valence-corrected chi connectivity index (χ0v) is 12.6. The number of carboxylic acids is 2. The summed E-state index contributed by atoms with van der Waals surface area (Å²) in [5.74, 6) is -2.22. The van der Waals surface area contributed by atoms with Gasteiger partial charge in [-0.15, -0.1) is 0 Å². The number of benzene rings is 1. The first-order valence-electron chi connectivity index (χ1n) is 5.42. The van der Waals surface area contributed by atoms with Crippen LogP contribution in [0.3, 0.4) is 0 Å². The zero-order chi connectivity index (χ0) is 20.8. The van der Waals surface area contributed by atoms with Gasteiger partial charge in [-0.3, -0.25) is 0 Å². The van der Waals surface area contributed by atoms with Crippen molar-refractivity contribution < 1.29 is 39.0 Å². The zero-order valence-electron chi connectivity index (χ0n) is 12.6. The molecule has 180 valence electrons. The van der Waals surface area contributed by atoms with Gasteiger partial charge in [0.2, 0.25) is 24.3 Å². The summed E-state index contributed by atoms with van der Waals surface area (Å²) >= 11 is 0. The van der Waals surface area contributed by atoms with Crippen LogP contribution in [0.4, 0.5) is 0 Å². The highest BCUT2D eigenvalue weighted by molar-refractivity contribution is 5.96. The van der Waals surface area contributed by atoms with Gasteiger partial charge in [0, 0.05) is 0 Å². The summed E-state index contributed by atoms with van der Waals surface area (Å²) in [4.78, 5) is 54.6. The minimum atomic E-state index is -1.11. The molecule has 0 aromatic heterocycles. The molecule has 0 aliphatic heterocycles. The highest BCUT2D eigenvalue weighted by Gasteiger charge is 2.13. The molecule has 31 heavy (non-hydrogen) atoms. The van der Waals surface area contributed by atoms with E-state index in [0.29, 0.717) is 0 Å². The topological polar surface area (TPSA) is 238 Å². The second-order valence-corrected chi connectivity index (χ2v) is 3.00. The Hall–Kier alpha value is -4.32. The predicted molar refractivity (Wildman–Crippen MR) is 119 cm³/mol. The summed E-state index contributed by atoms with van der Waals surface area (Å²) in [5, 5.41) is 39.0. The van der Waals surface area contributed by atoms with Crippen molar-refractivity contribution in [2.45, 2.75) is 51.5 Å². The number of carboxylic acid groups (broad SMARTS) is 2. The fourth-order valence-corrected chi connectivity index (χ4v) is 1.10. The van der Waals surface area contributed by atoms with Crippen LogP contribution in [-0.2, 0) is 19.2 Å². The maximum absolute atomic E-state index is 10.6. The number of hydrogen-bond acceptors (Lipinski definition) is 10. The van der Waals surface area contributed by atoms with Gasteiger partial charge in [-0.2, -0.15) is 0 Å². The minimum absolute atomic E-state index is 0. The van der Waals surface area contributed by atoms with Crippen molar-refractivity contribution in [3.8, 4) is 0 Å². The maximum atomic E-state index is 10.6. The standard InChI is InChI=1S/C9H8O4.4CHNO.6CH4/c1-5-6(8(10)11)3-2-4-7(5)9(12)13;4*2-1-3;;;;;;/h2-4H,1H3,(H,10,11)(H,12,13);4*2H;6*1H4. The van der Waals surface area contributed by atoms with Crippen molar-refractivity contribution in [1.82, 2.24) is 0 Å². The van der Waals surface area contributed by atoms with Gasteiger partial charge in [-0.1, -0.05) is 50.6 Å². The van der Waals surface area contributed by atoms with Crippen LogP contribution in [0.5, 0.6) is 0 Å². The second kappa shape index (κ2) is 50.0. The fourth-order valence-electron chi connectivity index (χ4n) is 1.10. The third kappa shape index (κ3) is 46.1. The lowest BCUT2D eigenvalue weighted by Gasteiger charge is -2.03. The van der Waals surface area contributed by atoms with Gasteiger partial charge in [0.25, 0.3) is 0 Å². The largest absolute Gasteiger partial charge is 0.478 e. The van der Waals surface area contributed by atoms with Crippen LogP contribution in [0, 0.1) is 28.6 Å². The van der Waals surface area contributed by atoms with E-state index >= 15 is 0 Å². The summed E-state index contributed by atoms with van der Waals surface area (Å²) in [6.07, 6.45) is 3.00. The first-order valence-corrected chi connectivity index (χ1v) is 5.42. The molecule has 1 rings (SSSR count). The number of rotatable bonds is 2. The molecular formula is C19H36N4O8. The van der Waals surface area contributed by atoms with E-state index in [0.717, 1.165) is 24.3 Å². The normalized spacial score (nSPS) is 5.06. The van der Waals surface area contributed by atoms with Crippen LogP contribution in [0.1, 0.15) is 70.8 Å². The maximum Gasteiger partial charge on any atom is 0.335 e. The Morgan fingerprint density at radius 3 is 0.935 bits per heavy atom. The van der Waals surface area contributed by atoms with E-state index in [1.807, 2.05) is 0 Å². The van der Waals surface area contributed by atoms with Gasteiger partial charge in [0.05, 0.1) is 11.1 Å². The van der Waals surface area contributed by atoms with Crippen molar-refractivity contribution in [1.29, 1.82) is 21.6 Å². The Labute approximate surface area is 184 Å². The highest BCUT2D eigenvalue weighted by atomic mass is 16.4. The quantitative estimate of drug-likeness (QED) is 0.270. The molecule has 12 heteroatoms. The highest BCUT2D eigenvalue weighted by Crippen LogP contribution is 2.13. The van der Waals surface area contributed by atoms with Crippen molar-refractivity contribution >= 4 is 36.3 Å². The lowest BCUT2D eigenvalue weighted by Crippen LogP contribution is -2.06. The molecule has 12 nitrogen and oxygen atoms in total. The molecule has 0 atom stereocenters. The number of nitrogens with one attached hydrogen (secondary N) is 4. The third-order valence-electron chi connectivity index (χ3n) is 1.79. The predicted octanol–water partition coefficient (Wildman–Crippen LogP) is 4.81. The number of carbonyl (C=O) groups excluding carboxylic acids is 4. The molecule has 0 bridgehead atoms. The second-order valence-electron chi connectivity index (χ2n) is 3.00. The van der Waals surface area contributed by atoms with Crippen molar-refractivity contribution in [2.24, 2.45) is 0 Å². The minimum Gasteiger partial charge on any atom is -0.478 e. The molecule has 6 N–H and O–H groups in total. The van der Waals surface area contributed by atoms with Crippen LogP contribution in [-0.4, -0.2) is 46.5 Å². The molecule has 1 aromatic carbocycles. The van der Waals surface area contributed by atoms with Gasteiger partial charge >= 0.3 is 11.9 Å². The van der Waals surface area contributed by atoms with Crippen LogP contribution < -0.4 is 0 Å². The van der Waals surface area contributed by atoms with Crippen LogP contribution >= 0.6 is 0 Å². The molecular weight excluding hydrogens is 412 g/mol. The summed E-state index contributed by atoms with van der Waals surface area (Å²) in [6.45, 7) is 1.48. The van der Waals surface area contributed by atoms with Gasteiger partial charge < -0.3 is 10.2 Å². The molecule has 1 aromatic rings. The molecule has 0 spiro atoms. The van der Waals surface area contributed by atoms with Gasteiger partial charge in [-0.25, -0.2) is 50.4 Å². The van der Waals surface area contributed by atoms with Gasteiger partial charge in [0.15, 0.2) is 0 Å². The number of aromatic carboxylic acids is 2. The molecule has 0 unspecified atom stereocenters. The van der Waals surface area contributed by atoms with Crippen molar-refractivity contribution in [2.75, 3.05) is 0 Å². The lowest BCUT2D eigenvalue weighted by molar-refractivity contribution is 0.0696. The average molecular weight is 449 g/mol. The summed E-state index contributed by atoms with van der Waals surface area (Å²) in [6, 6.07) is 4.17. The molecule has 0 aliphatic carbocycles. The summed E-state index contributed by atoms with van der Waals surface area (Å²) in [5.41, 5.74) is 0.335. The van der Waals surface area contributed by atoms with E-state index < -0.39 is 11.9 Å². The van der Waals surface area contributed by atoms with Gasteiger partial charge in [-0.05, 0) is 24.6 Å². The van der Waals surface area contributed by atoms with Crippen molar-refractivity contribution in [3.63, 3.8) is 0 Å².